The molecule has 1 aliphatic carbocycles. The van der Waals surface area contributed by atoms with Crippen molar-refractivity contribution in [1.82, 2.24) is 14.9 Å². The van der Waals surface area contributed by atoms with E-state index in [1.807, 2.05) is 0 Å². The van der Waals surface area contributed by atoms with Gasteiger partial charge in [0.1, 0.15) is 17.5 Å². The van der Waals surface area contributed by atoms with Gasteiger partial charge in [0.2, 0.25) is 5.91 Å². The number of thioether (sulfide) groups is 1. The van der Waals surface area contributed by atoms with Crippen molar-refractivity contribution in [3.63, 3.8) is 0 Å². The summed E-state index contributed by atoms with van der Waals surface area (Å²) in [6.45, 7) is 0.274. The molecule has 0 bridgehead atoms. The number of benzene rings is 1. The van der Waals surface area contributed by atoms with E-state index in [-0.39, 0.29) is 41.7 Å². The van der Waals surface area contributed by atoms with Crippen LogP contribution in [0.1, 0.15) is 18.4 Å². The second-order valence-corrected chi connectivity index (χ2v) is 6.58. The van der Waals surface area contributed by atoms with Crippen molar-refractivity contribution in [3.05, 3.63) is 41.7 Å². The number of carbonyl (C=O) groups is 1. The number of hydrogen-bond acceptors (Lipinski definition) is 6. The van der Waals surface area contributed by atoms with Gasteiger partial charge in [-0.3, -0.25) is 4.79 Å². The highest BCUT2D eigenvalue weighted by atomic mass is 32.2. The van der Waals surface area contributed by atoms with Crippen LogP contribution in [-0.2, 0) is 11.3 Å². The fourth-order valence-electron chi connectivity index (χ4n) is 2.35. The monoisotopic (exact) mass is 347 g/mol. The lowest BCUT2D eigenvalue weighted by Crippen LogP contribution is -2.34. The molecular weight excluding hydrogens is 329 g/mol. The van der Waals surface area contributed by atoms with Gasteiger partial charge in [-0.1, -0.05) is 30.0 Å². The predicted octanol–water partition coefficient (Wildman–Crippen LogP) is 2.06. The molecule has 1 heterocycles. The highest BCUT2D eigenvalue weighted by Crippen LogP contribution is 2.30. The minimum Gasteiger partial charge on any atom is -0.383 e. The van der Waals surface area contributed by atoms with Gasteiger partial charge in [0, 0.05) is 24.2 Å². The van der Waals surface area contributed by atoms with Crippen LogP contribution in [-0.4, -0.2) is 32.6 Å². The molecule has 0 atom stereocenters. The predicted molar refractivity (Wildman–Crippen MR) is 91.6 cm³/mol. The Balaban J connectivity index is 1.65. The Morgan fingerprint density at radius 1 is 1.25 bits per heavy atom. The summed E-state index contributed by atoms with van der Waals surface area (Å²) in [5.74, 6) is 0.324. The van der Waals surface area contributed by atoms with E-state index in [4.69, 9.17) is 11.5 Å². The normalized spacial score (nSPS) is 13.7. The van der Waals surface area contributed by atoms with Crippen LogP contribution < -0.4 is 11.5 Å². The number of anilines is 2. The molecule has 1 amide bonds. The van der Waals surface area contributed by atoms with Crippen molar-refractivity contribution in [1.29, 1.82) is 0 Å². The van der Waals surface area contributed by atoms with Crippen molar-refractivity contribution in [3.8, 4) is 0 Å². The van der Waals surface area contributed by atoms with E-state index < -0.39 is 0 Å². The van der Waals surface area contributed by atoms with Gasteiger partial charge < -0.3 is 16.4 Å². The average molecular weight is 347 g/mol. The Bertz CT molecular complexity index is 733. The standard InChI is InChI=1S/C16H18FN5OS/c17-12-4-2-1-3-10(12)8-22(11-5-6-11)15(23)9-24-16-20-13(18)7-14(19)21-16/h1-4,7,11H,5-6,8-9H2,(H4,18,19,20,21). The topological polar surface area (TPSA) is 98.1 Å². The number of rotatable bonds is 6. The minimum atomic E-state index is -0.296. The largest absolute Gasteiger partial charge is 0.383 e. The van der Waals surface area contributed by atoms with Gasteiger partial charge >= 0.3 is 0 Å². The van der Waals surface area contributed by atoms with E-state index in [0.717, 1.165) is 12.8 Å². The molecule has 126 valence electrons. The van der Waals surface area contributed by atoms with Gasteiger partial charge in [0.05, 0.1) is 5.75 Å². The van der Waals surface area contributed by atoms with Crippen molar-refractivity contribution >= 4 is 29.3 Å². The maximum atomic E-state index is 13.8. The lowest BCUT2D eigenvalue weighted by atomic mass is 10.2. The summed E-state index contributed by atoms with van der Waals surface area (Å²) in [6, 6.07) is 8.16. The quantitative estimate of drug-likeness (QED) is 0.613. The lowest BCUT2D eigenvalue weighted by molar-refractivity contribution is -0.129. The van der Waals surface area contributed by atoms with Crippen LogP contribution in [0.25, 0.3) is 0 Å². The van der Waals surface area contributed by atoms with Crippen LogP contribution in [0, 0.1) is 5.82 Å². The molecule has 8 heteroatoms. The van der Waals surface area contributed by atoms with Gasteiger partial charge in [-0.2, -0.15) is 0 Å². The minimum absolute atomic E-state index is 0.0738. The van der Waals surface area contributed by atoms with E-state index >= 15 is 0 Å². The van der Waals surface area contributed by atoms with Gasteiger partial charge in [-0.25, -0.2) is 14.4 Å². The van der Waals surface area contributed by atoms with Crippen molar-refractivity contribution in [2.45, 2.75) is 30.6 Å². The number of carbonyl (C=O) groups excluding carboxylic acids is 1. The maximum absolute atomic E-state index is 13.8. The molecule has 1 aromatic heterocycles. The summed E-state index contributed by atoms with van der Waals surface area (Å²) in [5, 5.41) is 0.363. The zero-order valence-corrected chi connectivity index (χ0v) is 13.8. The smallest absolute Gasteiger partial charge is 0.233 e. The first-order chi connectivity index (χ1) is 11.5. The molecular formula is C16H18FN5OS. The molecule has 0 saturated heterocycles. The lowest BCUT2D eigenvalue weighted by Gasteiger charge is -2.22. The first-order valence-electron chi connectivity index (χ1n) is 7.58. The summed E-state index contributed by atoms with van der Waals surface area (Å²) < 4.78 is 13.8. The Hall–Kier alpha value is -2.35. The third-order valence-corrected chi connectivity index (χ3v) is 4.51. The fourth-order valence-corrected chi connectivity index (χ4v) is 3.11. The summed E-state index contributed by atoms with van der Waals surface area (Å²) in [4.78, 5) is 22.4. The number of nitrogen functional groups attached to an aromatic ring is 2. The van der Waals surface area contributed by atoms with E-state index in [1.54, 1.807) is 23.1 Å². The molecule has 4 N–H and O–H groups in total. The third kappa shape index (κ3) is 4.14. The number of nitrogens with zero attached hydrogens (tertiary/aromatic N) is 3. The van der Waals surface area contributed by atoms with E-state index in [9.17, 15) is 9.18 Å². The molecule has 0 aliphatic heterocycles. The van der Waals surface area contributed by atoms with Gasteiger partial charge in [-0.05, 0) is 18.9 Å². The summed E-state index contributed by atoms with van der Waals surface area (Å²) in [6.07, 6.45) is 1.90. The molecule has 1 aliphatic rings. The average Bonchev–Trinajstić information content (AvgIpc) is 3.36. The van der Waals surface area contributed by atoms with Gasteiger partial charge in [0.15, 0.2) is 5.16 Å². The zero-order chi connectivity index (χ0) is 17.1. The molecule has 24 heavy (non-hydrogen) atoms. The summed E-state index contributed by atoms with van der Waals surface area (Å²) in [5.41, 5.74) is 11.8. The number of amides is 1. The van der Waals surface area contributed by atoms with Crippen LogP contribution in [0.2, 0.25) is 0 Å². The van der Waals surface area contributed by atoms with Crippen LogP contribution in [0.3, 0.4) is 0 Å². The number of nitrogens with two attached hydrogens (primary N) is 2. The van der Waals surface area contributed by atoms with Gasteiger partial charge in [-0.15, -0.1) is 0 Å². The van der Waals surface area contributed by atoms with Crippen LogP contribution in [0.4, 0.5) is 16.0 Å². The molecule has 2 aromatic rings. The Kier molecular flexibility index (Phi) is 4.84. The molecule has 0 unspecified atom stereocenters. The first-order valence-corrected chi connectivity index (χ1v) is 8.57. The van der Waals surface area contributed by atoms with Crippen LogP contribution in [0.5, 0.6) is 0 Å². The number of aromatic nitrogens is 2. The van der Waals surface area contributed by atoms with E-state index in [2.05, 4.69) is 9.97 Å². The summed E-state index contributed by atoms with van der Waals surface area (Å²) in [7, 11) is 0. The van der Waals surface area contributed by atoms with Crippen molar-refractivity contribution in [2.24, 2.45) is 0 Å². The summed E-state index contributed by atoms with van der Waals surface area (Å²) >= 11 is 1.18. The van der Waals surface area contributed by atoms with E-state index in [1.165, 1.54) is 23.9 Å². The Labute approximate surface area is 143 Å². The fraction of sp³-hybridized carbons (Fsp3) is 0.312. The Morgan fingerprint density at radius 3 is 2.54 bits per heavy atom. The number of hydrogen-bond donors (Lipinski definition) is 2. The van der Waals surface area contributed by atoms with E-state index in [0.29, 0.717) is 10.7 Å². The Morgan fingerprint density at radius 2 is 1.92 bits per heavy atom. The molecule has 1 fully saturated rings. The maximum Gasteiger partial charge on any atom is 0.233 e. The van der Waals surface area contributed by atoms with Crippen molar-refractivity contribution < 1.29 is 9.18 Å². The van der Waals surface area contributed by atoms with Crippen LogP contribution in [0.15, 0.2) is 35.5 Å². The third-order valence-electron chi connectivity index (χ3n) is 3.68. The second-order valence-electron chi connectivity index (χ2n) is 5.63. The molecule has 6 nitrogen and oxygen atoms in total. The molecule has 0 spiro atoms. The zero-order valence-electron chi connectivity index (χ0n) is 13.0. The molecule has 1 saturated carbocycles. The van der Waals surface area contributed by atoms with Crippen molar-refractivity contribution in [2.75, 3.05) is 17.2 Å². The van der Waals surface area contributed by atoms with Gasteiger partial charge in [0.25, 0.3) is 0 Å². The molecule has 0 radical (unpaired) electrons. The SMILES string of the molecule is Nc1cc(N)nc(SCC(=O)N(Cc2ccccc2F)C2CC2)n1. The van der Waals surface area contributed by atoms with Crippen LogP contribution >= 0.6 is 11.8 Å². The first kappa shape index (κ1) is 16.5. The highest BCUT2D eigenvalue weighted by Gasteiger charge is 2.32. The number of halogens is 1. The highest BCUT2D eigenvalue weighted by molar-refractivity contribution is 7.99. The molecule has 1 aromatic carbocycles. The molecule has 3 rings (SSSR count). The second kappa shape index (κ2) is 7.04.